The highest BCUT2D eigenvalue weighted by atomic mass is 32.2. The Bertz CT molecular complexity index is 1090. The Balaban J connectivity index is 1.50. The molecule has 0 saturated heterocycles. The van der Waals surface area contributed by atoms with Crippen LogP contribution in [0.5, 0.6) is 0 Å². The topological polar surface area (TPSA) is 41.4 Å². The van der Waals surface area contributed by atoms with Crippen LogP contribution in [0.4, 0.5) is 14.6 Å². The number of rotatable bonds is 4. The number of halogens is 2. The first kappa shape index (κ1) is 17.4. The minimum Gasteiger partial charge on any atom is -0.323 e. The Morgan fingerprint density at radius 1 is 1.32 bits per heavy atom. The monoisotopic (exact) mass is 394 g/mol. The summed E-state index contributed by atoms with van der Waals surface area (Å²) in [6.45, 7) is 2.79. The second kappa shape index (κ2) is 6.42. The van der Waals surface area contributed by atoms with E-state index in [9.17, 15) is 0 Å². The fourth-order valence-corrected chi connectivity index (χ4v) is 4.59. The molecule has 2 aliphatic carbocycles. The number of hydrogen-bond acceptors (Lipinski definition) is 5. The summed E-state index contributed by atoms with van der Waals surface area (Å²) in [6.07, 6.45) is 11.6. The van der Waals surface area contributed by atoms with E-state index < -0.39 is 11.8 Å². The number of fused-ring (bicyclic) bond motifs is 1. The smallest absolute Gasteiger partial charge is 0.288 e. The van der Waals surface area contributed by atoms with Gasteiger partial charge < -0.3 is 4.90 Å². The van der Waals surface area contributed by atoms with Gasteiger partial charge in [0, 0.05) is 42.2 Å². The Kier molecular flexibility index (Phi) is 3.98. The third-order valence-electron chi connectivity index (χ3n) is 5.27. The van der Waals surface area contributed by atoms with Gasteiger partial charge in [-0.25, -0.2) is 9.97 Å². The first-order valence-corrected chi connectivity index (χ1v) is 9.85. The molecular formula is C21H16F2N4S. The van der Waals surface area contributed by atoms with Crippen molar-refractivity contribution in [2.45, 2.75) is 24.3 Å². The van der Waals surface area contributed by atoms with Gasteiger partial charge in [0.25, 0.3) is 5.92 Å². The summed E-state index contributed by atoms with van der Waals surface area (Å²) in [6, 6.07) is 0. The molecule has 1 aromatic heterocycles. The van der Waals surface area contributed by atoms with E-state index in [-0.39, 0.29) is 12.0 Å². The van der Waals surface area contributed by atoms with Gasteiger partial charge in [-0.2, -0.15) is 8.78 Å². The quantitative estimate of drug-likeness (QED) is 0.550. The van der Waals surface area contributed by atoms with E-state index in [1.807, 2.05) is 0 Å². The summed E-state index contributed by atoms with van der Waals surface area (Å²) in [5.74, 6) is -2.86. The molecule has 2 unspecified atom stereocenters. The van der Waals surface area contributed by atoms with Gasteiger partial charge in [-0.3, -0.25) is 4.99 Å². The molecule has 0 N–H and O–H groups in total. The van der Waals surface area contributed by atoms with Crippen LogP contribution < -0.4 is 4.90 Å². The summed E-state index contributed by atoms with van der Waals surface area (Å²) in [5.41, 5.74) is 6.98. The molecule has 0 saturated carbocycles. The third kappa shape index (κ3) is 2.89. The molecule has 2 atom stereocenters. The van der Waals surface area contributed by atoms with Crippen LogP contribution in [0.2, 0.25) is 0 Å². The molecule has 140 valence electrons. The van der Waals surface area contributed by atoms with Crippen molar-refractivity contribution in [1.82, 2.24) is 9.97 Å². The fourth-order valence-electron chi connectivity index (χ4n) is 3.55. The maximum atomic E-state index is 15.1. The number of allylic oxidation sites excluding steroid dienone is 5. The van der Waals surface area contributed by atoms with Crippen LogP contribution in [0.25, 0.3) is 0 Å². The molecule has 7 heteroatoms. The number of nitrogens with zero attached hydrogens (tertiary/aromatic N) is 4. The summed E-state index contributed by atoms with van der Waals surface area (Å²) in [4.78, 5) is 15.7. The zero-order valence-electron chi connectivity index (χ0n) is 15.1. The molecular weight excluding hydrogens is 378 g/mol. The van der Waals surface area contributed by atoms with Gasteiger partial charge in [-0.15, -0.1) is 0 Å². The van der Waals surface area contributed by atoms with Crippen molar-refractivity contribution < 1.29 is 8.78 Å². The lowest BCUT2D eigenvalue weighted by atomic mass is 9.87. The van der Waals surface area contributed by atoms with Crippen molar-refractivity contribution in [3.63, 3.8) is 0 Å². The first-order valence-electron chi connectivity index (χ1n) is 9.04. The molecule has 5 rings (SSSR count). The zero-order valence-corrected chi connectivity index (χ0v) is 15.9. The maximum absolute atomic E-state index is 15.1. The van der Waals surface area contributed by atoms with Crippen molar-refractivity contribution in [1.29, 1.82) is 0 Å². The van der Waals surface area contributed by atoms with E-state index in [0.29, 0.717) is 12.5 Å². The van der Waals surface area contributed by atoms with Gasteiger partial charge in [0.2, 0.25) is 0 Å². The van der Waals surface area contributed by atoms with E-state index in [1.54, 1.807) is 24.5 Å². The average molecular weight is 394 g/mol. The Labute approximate surface area is 165 Å². The predicted molar refractivity (Wildman–Crippen MR) is 105 cm³/mol. The number of alkyl halides is 2. The molecule has 1 aromatic rings. The largest absolute Gasteiger partial charge is 0.323 e. The molecule has 2 aliphatic heterocycles. The number of hydrogen-bond donors (Lipinski definition) is 0. The number of thioether (sulfide) groups is 1. The lowest BCUT2D eigenvalue weighted by molar-refractivity contribution is 0.00413. The number of aliphatic imine (C=N–C) groups is 1. The lowest BCUT2D eigenvalue weighted by Crippen LogP contribution is -2.36. The SMILES string of the molecule is CC1C=C1CN1C2=C(C=CC(C(F)(F)C3=C=C=CN=C3)C2)Sc2nccnc21. The van der Waals surface area contributed by atoms with Crippen LogP contribution in [-0.4, -0.2) is 28.6 Å². The van der Waals surface area contributed by atoms with Crippen molar-refractivity contribution >= 4 is 23.8 Å². The average Bonchev–Trinajstić information content (AvgIpc) is 3.42. The molecule has 4 nitrogen and oxygen atoms in total. The summed E-state index contributed by atoms with van der Waals surface area (Å²) < 4.78 is 30.3. The van der Waals surface area contributed by atoms with Crippen molar-refractivity contribution in [2.75, 3.05) is 11.4 Å². The van der Waals surface area contributed by atoms with E-state index in [0.717, 1.165) is 21.4 Å². The van der Waals surface area contributed by atoms with Gasteiger partial charge in [-0.1, -0.05) is 36.6 Å². The van der Waals surface area contributed by atoms with E-state index in [1.165, 1.54) is 29.7 Å². The molecule has 4 aliphatic rings. The fraction of sp³-hybridized carbons (Fsp3) is 0.286. The Hall–Kier alpha value is -2.72. The summed E-state index contributed by atoms with van der Waals surface area (Å²) in [5, 5.41) is 0.806. The van der Waals surface area contributed by atoms with Gasteiger partial charge in [0.15, 0.2) is 5.82 Å². The predicted octanol–water partition coefficient (Wildman–Crippen LogP) is 4.67. The van der Waals surface area contributed by atoms with Gasteiger partial charge in [-0.05, 0) is 23.3 Å². The minimum atomic E-state index is -3.08. The third-order valence-corrected chi connectivity index (χ3v) is 6.34. The summed E-state index contributed by atoms with van der Waals surface area (Å²) in [7, 11) is 0. The highest BCUT2D eigenvalue weighted by Crippen LogP contribution is 2.49. The standard InChI is InChI=1S/C21H16F2N4S/c1-13-9-14(13)12-27-17-10-15(21(22,23)16-3-2-6-24-11-16)4-5-18(17)28-20-19(27)25-7-8-26-20/h4-9,11,13,15H,10,12H2,1H3. The zero-order chi connectivity index (χ0) is 19.3. The Morgan fingerprint density at radius 3 is 2.89 bits per heavy atom. The highest BCUT2D eigenvalue weighted by molar-refractivity contribution is 8.03. The van der Waals surface area contributed by atoms with Crippen molar-refractivity contribution in [2.24, 2.45) is 16.8 Å². The van der Waals surface area contributed by atoms with Crippen molar-refractivity contribution in [3.8, 4) is 0 Å². The molecule has 0 radical (unpaired) electrons. The number of aromatic nitrogens is 2. The van der Waals surface area contributed by atoms with Crippen LogP contribution in [0.1, 0.15) is 13.3 Å². The first-order chi connectivity index (χ1) is 13.5. The normalized spacial score (nSPS) is 24.8. The second-order valence-corrected chi connectivity index (χ2v) is 8.13. The van der Waals surface area contributed by atoms with Crippen LogP contribution in [0.15, 0.2) is 80.1 Å². The van der Waals surface area contributed by atoms with Crippen LogP contribution >= 0.6 is 11.8 Å². The van der Waals surface area contributed by atoms with Crippen molar-refractivity contribution in [3.05, 3.63) is 70.0 Å². The molecule has 28 heavy (non-hydrogen) atoms. The van der Waals surface area contributed by atoms with E-state index in [4.69, 9.17) is 0 Å². The molecule has 0 spiro atoms. The van der Waals surface area contributed by atoms with Crippen LogP contribution in [0, 0.1) is 11.8 Å². The van der Waals surface area contributed by atoms with E-state index in [2.05, 4.69) is 44.3 Å². The Morgan fingerprint density at radius 2 is 2.14 bits per heavy atom. The van der Waals surface area contributed by atoms with Crippen LogP contribution in [-0.2, 0) is 0 Å². The number of anilines is 1. The van der Waals surface area contributed by atoms with Crippen LogP contribution in [0.3, 0.4) is 0 Å². The molecule has 0 aromatic carbocycles. The highest BCUT2D eigenvalue weighted by Gasteiger charge is 2.45. The molecule has 3 heterocycles. The lowest BCUT2D eigenvalue weighted by Gasteiger charge is -2.37. The van der Waals surface area contributed by atoms with Gasteiger partial charge in [0.1, 0.15) is 5.03 Å². The van der Waals surface area contributed by atoms with Gasteiger partial charge >= 0.3 is 0 Å². The second-order valence-electron chi connectivity index (χ2n) is 7.10. The molecule has 0 bridgehead atoms. The summed E-state index contributed by atoms with van der Waals surface area (Å²) >= 11 is 1.49. The molecule has 0 fully saturated rings. The maximum Gasteiger partial charge on any atom is 0.288 e. The van der Waals surface area contributed by atoms with Gasteiger partial charge in [0.05, 0.1) is 17.7 Å². The minimum absolute atomic E-state index is 0.215. The molecule has 0 amide bonds. The van der Waals surface area contributed by atoms with E-state index >= 15 is 8.78 Å².